The van der Waals surface area contributed by atoms with Gasteiger partial charge in [-0.25, -0.2) is 4.98 Å². The lowest BCUT2D eigenvalue weighted by Crippen LogP contribution is -2.22. The van der Waals surface area contributed by atoms with E-state index >= 15 is 0 Å². The molecule has 1 amide bonds. The average Bonchev–Trinajstić information content (AvgIpc) is 3.38. The largest absolute Gasteiger partial charge is 0.298 e. The number of carbonyl (C=O) groups excluding carboxylic acids is 1. The molecule has 1 aliphatic heterocycles. The van der Waals surface area contributed by atoms with Crippen LogP contribution in [0.25, 0.3) is 0 Å². The highest BCUT2D eigenvalue weighted by molar-refractivity contribution is 9.10. The summed E-state index contributed by atoms with van der Waals surface area (Å²) in [7, 11) is 0. The standard InChI is InChI=1S/C18H18BrN5OS/c19-14-5-3-13(4-6-14)17(25)23-18-22-15(11-26-18)16-2-1-7-24(16)10-12-8-20-21-9-12/h3-6,8-9,11,16H,1-2,7,10H2,(H,20,21)(H,22,23,25)/t16-/m1/s1. The van der Waals surface area contributed by atoms with Gasteiger partial charge in [-0.3, -0.25) is 20.1 Å². The van der Waals surface area contributed by atoms with Crippen LogP contribution < -0.4 is 5.32 Å². The Morgan fingerprint density at radius 2 is 2.23 bits per heavy atom. The first-order chi connectivity index (χ1) is 12.7. The van der Waals surface area contributed by atoms with Crippen LogP contribution in [0.1, 0.15) is 40.5 Å². The number of carbonyl (C=O) groups is 1. The monoisotopic (exact) mass is 431 g/mol. The van der Waals surface area contributed by atoms with Crippen molar-refractivity contribution in [2.75, 3.05) is 11.9 Å². The second kappa shape index (κ2) is 7.69. The van der Waals surface area contributed by atoms with Crippen LogP contribution in [0.4, 0.5) is 5.13 Å². The zero-order valence-electron chi connectivity index (χ0n) is 14.0. The topological polar surface area (TPSA) is 73.9 Å². The van der Waals surface area contributed by atoms with Crippen molar-refractivity contribution in [1.82, 2.24) is 20.1 Å². The van der Waals surface area contributed by atoms with E-state index in [1.165, 1.54) is 16.9 Å². The first-order valence-electron chi connectivity index (χ1n) is 8.43. The smallest absolute Gasteiger partial charge is 0.257 e. The molecule has 0 spiro atoms. The van der Waals surface area contributed by atoms with Crippen molar-refractivity contribution < 1.29 is 4.79 Å². The Morgan fingerprint density at radius 3 is 3.00 bits per heavy atom. The zero-order chi connectivity index (χ0) is 17.9. The van der Waals surface area contributed by atoms with E-state index in [0.29, 0.717) is 16.7 Å². The van der Waals surface area contributed by atoms with Gasteiger partial charge in [0.2, 0.25) is 0 Å². The number of nitrogens with zero attached hydrogens (tertiary/aromatic N) is 3. The fraction of sp³-hybridized carbons (Fsp3) is 0.278. The van der Waals surface area contributed by atoms with Crippen LogP contribution in [-0.4, -0.2) is 32.5 Å². The van der Waals surface area contributed by atoms with E-state index < -0.39 is 0 Å². The summed E-state index contributed by atoms with van der Waals surface area (Å²) < 4.78 is 0.949. The number of likely N-dealkylation sites (tertiary alicyclic amines) is 1. The van der Waals surface area contributed by atoms with Crippen molar-refractivity contribution in [3.05, 3.63) is 63.3 Å². The first-order valence-corrected chi connectivity index (χ1v) is 10.1. The molecule has 0 unspecified atom stereocenters. The number of rotatable bonds is 5. The van der Waals surface area contributed by atoms with E-state index in [0.717, 1.165) is 36.1 Å². The number of H-pyrrole nitrogens is 1. The second-order valence-electron chi connectivity index (χ2n) is 6.27. The van der Waals surface area contributed by atoms with Gasteiger partial charge in [0.1, 0.15) is 0 Å². The molecule has 3 aromatic rings. The molecule has 2 N–H and O–H groups in total. The van der Waals surface area contributed by atoms with Gasteiger partial charge in [0.05, 0.1) is 17.9 Å². The van der Waals surface area contributed by atoms with E-state index in [9.17, 15) is 4.79 Å². The molecule has 26 heavy (non-hydrogen) atoms. The quantitative estimate of drug-likeness (QED) is 0.633. The number of hydrogen-bond donors (Lipinski definition) is 2. The van der Waals surface area contributed by atoms with Crippen molar-refractivity contribution in [2.45, 2.75) is 25.4 Å². The summed E-state index contributed by atoms with van der Waals surface area (Å²) in [6.45, 7) is 1.91. The number of benzene rings is 1. The highest BCUT2D eigenvalue weighted by Gasteiger charge is 2.28. The number of thiazole rings is 1. The maximum absolute atomic E-state index is 12.4. The molecule has 0 saturated carbocycles. The fourth-order valence-corrected chi connectivity index (χ4v) is 4.23. The van der Waals surface area contributed by atoms with Gasteiger partial charge in [-0.2, -0.15) is 5.10 Å². The van der Waals surface area contributed by atoms with E-state index in [-0.39, 0.29) is 5.91 Å². The molecule has 1 saturated heterocycles. The van der Waals surface area contributed by atoms with Crippen molar-refractivity contribution in [1.29, 1.82) is 0 Å². The van der Waals surface area contributed by atoms with Gasteiger partial charge in [-0.15, -0.1) is 11.3 Å². The third-order valence-electron chi connectivity index (χ3n) is 4.49. The summed E-state index contributed by atoms with van der Waals surface area (Å²) in [5.74, 6) is -0.139. The summed E-state index contributed by atoms with van der Waals surface area (Å²) in [6.07, 6.45) is 6.03. The van der Waals surface area contributed by atoms with Gasteiger partial charge in [0.25, 0.3) is 5.91 Å². The SMILES string of the molecule is O=C(Nc1nc([C@H]2CCCN2Cc2cn[nH]c2)cs1)c1ccc(Br)cc1. The minimum absolute atomic E-state index is 0.139. The lowest BCUT2D eigenvalue weighted by atomic mass is 10.1. The van der Waals surface area contributed by atoms with Crippen molar-refractivity contribution in [2.24, 2.45) is 0 Å². The number of hydrogen-bond acceptors (Lipinski definition) is 5. The predicted molar refractivity (Wildman–Crippen MR) is 105 cm³/mol. The van der Waals surface area contributed by atoms with Crippen LogP contribution in [0.5, 0.6) is 0 Å². The molecular formula is C18H18BrN5OS. The number of anilines is 1. The minimum Gasteiger partial charge on any atom is -0.298 e. The molecule has 1 aliphatic rings. The molecule has 0 bridgehead atoms. The zero-order valence-corrected chi connectivity index (χ0v) is 16.4. The van der Waals surface area contributed by atoms with Crippen LogP contribution in [0, 0.1) is 0 Å². The predicted octanol–water partition coefficient (Wildman–Crippen LogP) is 4.22. The molecule has 134 valence electrons. The lowest BCUT2D eigenvalue weighted by molar-refractivity contribution is 0.102. The highest BCUT2D eigenvalue weighted by atomic mass is 79.9. The maximum atomic E-state index is 12.4. The molecule has 1 fully saturated rings. The Labute approximate surface area is 163 Å². The van der Waals surface area contributed by atoms with Crippen LogP contribution >= 0.6 is 27.3 Å². The van der Waals surface area contributed by atoms with Crippen molar-refractivity contribution in [3.8, 4) is 0 Å². The Kier molecular flexibility index (Phi) is 5.14. The summed E-state index contributed by atoms with van der Waals surface area (Å²) in [6, 6.07) is 7.58. The van der Waals surface area contributed by atoms with Gasteiger partial charge in [0.15, 0.2) is 5.13 Å². The summed E-state index contributed by atoms with van der Waals surface area (Å²) in [4.78, 5) is 19.4. The Bertz CT molecular complexity index is 877. The van der Waals surface area contributed by atoms with E-state index in [2.05, 4.69) is 46.7 Å². The molecule has 1 atom stereocenters. The molecule has 2 aromatic heterocycles. The minimum atomic E-state index is -0.139. The Morgan fingerprint density at radius 1 is 1.38 bits per heavy atom. The van der Waals surface area contributed by atoms with Gasteiger partial charge in [-0.05, 0) is 43.7 Å². The number of halogens is 1. The lowest BCUT2D eigenvalue weighted by Gasteiger charge is -2.22. The first kappa shape index (κ1) is 17.4. The van der Waals surface area contributed by atoms with Gasteiger partial charge < -0.3 is 0 Å². The molecular weight excluding hydrogens is 414 g/mol. The summed E-state index contributed by atoms with van der Waals surface area (Å²) in [5.41, 5.74) is 2.82. The molecule has 3 heterocycles. The normalized spacial score (nSPS) is 17.5. The maximum Gasteiger partial charge on any atom is 0.257 e. The molecule has 8 heteroatoms. The molecule has 4 rings (SSSR count). The van der Waals surface area contributed by atoms with E-state index in [1.807, 2.05) is 24.5 Å². The van der Waals surface area contributed by atoms with Crippen molar-refractivity contribution >= 4 is 38.3 Å². The molecule has 0 aliphatic carbocycles. The van der Waals surface area contributed by atoms with Crippen LogP contribution in [0.15, 0.2) is 46.5 Å². The number of nitrogens with one attached hydrogen (secondary N) is 2. The van der Waals surface area contributed by atoms with Gasteiger partial charge in [-0.1, -0.05) is 15.9 Å². The van der Waals surface area contributed by atoms with Gasteiger partial charge >= 0.3 is 0 Å². The second-order valence-corrected chi connectivity index (χ2v) is 8.05. The van der Waals surface area contributed by atoms with Crippen LogP contribution in [0.3, 0.4) is 0 Å². The molecule has 6 nitrogen and oxygen atoms in total. The average molecular weight is 432 g/mol. The summed E-state index contributed by atoms with van der Waals surface area (Å²) >= 11 is 4.85. The third-order valence-corrected chi connectivity index (χ3v) is 5.80. The molecule has 0 radical (unpaired) electrons. The van der Waals surface area contributed by atoms with Crippen LogP contribution in [-0.2, 0) is 6.54 Å². The Balaban J connectivity index is 1.43. The molecule has 1 aromatic carbocycles. The van der Waals surface area contributed by atoms with Crippen LogP contribution in [0.2, 0.25) is 0 Å². The van der Waals surface area contributed by atoms with E-state index in [4.69, 9.17) is 0 Å². The highest BCUT2D eigenvalue weighted by Crippen LogP contribution is 2.34. The van der Waals surface area contributed by atoms with Gasteiger partial charge in [0, 0.05) is 33.7 Å². The Hall–Kier alpha value is -2.03. The van der Waals surface area contributed by atoms with E-state index in [1.54, 1.807) is 12.1 Å². The number of aromatic nitrogens is 3. The number of aromatic amines is 1. The van der Waals surface area contributed by atoms with Crippen molar-refractivity contribution in [3.63, 3.8) is 0 Å². The fourth-order valence-electron chi connectivity index (χ4n) is 3.22. The summed E-state index contributed by atoms with van der Waals surface area (Å²) in [5, 5.41) is 12.5. The third kappa shape index (κ3) is 3.87. The number of amides is 1.